The van der Waals surface area contributed by atoms with Crippen LogP contribution in [-0.2, 0) is 11.8 Å². The molecule has 90 valence electrons. The van der Waals surface area contributed by atoms with Crippen LogP contribution >= 0.6 is 23.2 Å². The molecule has 0 radical (unpaired) electrons. The maximum atomic E-state index is 5.99. The summed E-state index contributed by atoms with van der Waals surface area (Å²) in [6.45, 7) is 6.51. The highest BCUT2D eigenvalue weighted by Gasteiger charge is 2.19. The molecule has 0 aliphatic heterocycles. The van der Waals surface area contributed by atoms with E-state index < -0.39 is 0 Å². The van der Waals surface area contributed by atoms with Crippen LogP contribution < -0.4 is 0 Å². The molecule has 1 aromatic rings. The smallest absolute Gasteiger partial charge is 0.0315 e. The molecule has 1 aromatic carbocycles. The lowest BCUT2D eigenvalue weighted by atomic mass is 9.85. The molecule has 0 nitrogen and oxygen atoms in total. The van der Waals surface area contributed by atoms with Gasteiger partial charge in [0.25, 0.3) is 0 Å². The average molecular weight is 259 g/mol. The summed E-state index contributed by atoms with van der Waals surface area (Å²) in [6, 6.07) is 8.68. The molecule has 0 bridgehead atoms. The molecule has 0 N–H and O–H groups in total. The molecule has 2 heteroatoms. The minimum atomic E-state index is 0.0434. The van der Waals surface area contributed by atoms with E-state index in [4.69, 9.17) is 23.2 Å². The van der Waals surface area contributed by atoms with Crippen molar-refractivity contribution in [2.75, 3.05) is 11.8 Å². The van der Waals surface area contributed by atoms with Crippen LogP contribution in [-0.4, -0.2) is 11.8 Å². The van der Waals surface area contributed by atoms with Gasteiger partial charge in [-0.2, -0.15) is 0 Å². The van der Waals surface area contributed by atoms with E-state index in [-0.39, 0.29) is 5.41 Å². The van der Waals surface area contributed by atoms with Crippen LogP contribution in [0.3, 0.4) is 0 Å². The molecule has 1 rings (SSSR count). The topological polar surface area (TPSA) is 0 Å². The summed E-state index contributed by atoms with van der Waals surface area (Å²) in [5.74, 6) is 1.88. The van der Waals surface area contributed by atoms with Crippen molar-refractivity contribution in [2.45, 2.75) is 32.6 Å². The second-order valence-electron chi connectivity index (χ2n) is 5.18. The Labute approximate surface area is 109 Å². The Morgan fingerprint density at radius 2 is 1.94 bits per heavy atom. The third-order valence-corrected chi connectivity index (χ3v) is 4.09. The van der Waals surface area contributed by atoms with Gasteiger partial charge < -0.3 is 0 Å². The predicted molar refractivity (Wildman–Crippen MR) is 73.8 cm³/mol. The Balaban J connectivity index is 2.87. The van der Waals surface area contributed by atoms with Gasteiger partial charge in [-0.1, -0.05) is 45.0 Å². The molecule has 0 saturated carbocycles. The average Bonchev–Trinajstić information content (AvgIpc) is 2.29. The van der Waals surface area contributed by atoms with E-state index in [1.807, 2.05) is 0 Å². The predicted octanol–water partition coefficient (Wildman–Crippen LogP) is 4.62. The van der Waals surface area contributed by atoms with Gasteiger partial charge in [-0.15, -0.1) is 23.2 Å². The van der Waals surface area contributed by atoms with E-state index in [9.17, 15) is 0 Å². The van der Waals surface area contributed by atoms with Crippen molar-refractivity contribution < 1.29 is 0 Å². The Bertz CT molecular complexity index is 331. The van der Waals surface area contributed by atoms with Crippen LogP contribution in [0.4, 0.5) is 0 Å². The maximum Gasteiger partial charge on any atom is 0.0315 e. The Morgan fingerprint density at radius 3 is 2.50 bits per heavy atom. The summed E-state index contributed by atoms with van der Waals surface area (Å²) >= 11 is 11.8. The van der Waals surface area contributed by atoms with Crippen LogP contribution in [0.25, 0.3) is 0 Å². The second kappa shape index (κ2) is 5.93. The van der Waals surface area contributed by atoms with Crippen LogP contribution in [0.1, 0.15) is 31.9 Å². The van der Waals surface area contributed by atoms with Crippen molar-refractivity contribution in [3.63, 3.8) is 0 Å². The Morgan fingerprint density at radius 1 is 1.25 bits per heavy atom. The molecule has 1 unspecified atom stereocenters. The first-order chi connectivity index (χ1) is 7.49. The molecule has 0 fully saturated rings. The maximum absolute atomic E-state index is 5.99. The highest BCUT2D eigenvalue weighted by atomic mass is 35.5. The third kappa shape index (κ3) is 3.68. The first-order valence-corrected chi connectivity index (χ1v) is 6.78. The third-order valence-electron chi connectivity index (χ3n) is 2.89. The van der Waals surface area contributed by atoms with Crippen LogP contribution in [0.5, 0.6) is 0 Å². The van der Waals surface area contributed by atoms with E-state index >= 15 is 0 Å². The molecule has 0 amide bonds. The van der Waals surface area contributed by atoms with Gasteiger partial charge in [0.15, 0.2) is 0 Å². The molecule has 16 heavy (non-hydrogen) atoms. The van der Waals surface area contributed by atoms with E-state index in [0.717, 1.165) is 6.42 Å². The molecule has 0 saturated heterocycles. The second-order valence-corrected chi connectivity index (χ2v) is 5.76. The molecule has 1 atom stereocenters. The van der Waals surface area contributed by atoms with Crippen molar-refractivity contribution in [2.24, 2.45) is 5.92 Å². The van der Waals surface area contributed by atoms with Crippen LogP contribution in [0.15, 0.2) is 24.3 Å². The normalized spacial score (nSPS) is 13.8. The quantitative estimate of drug-likeness (QED) is 0.677. The molecule has 0 spiro atoms. The van der Waals surface area contributed by atoms with E-state index in [2.05, 4.69) is 45.0 Å². The SMILES string of the molecule is CC(CCl)Cc1cccc(C(C)(C)CCl)c1. The molecule has 0 aromatic heterocycles. The summed E-state index contributed by atoms with van der Waals surface area (Å²) in [5.41, 5.74) is 2.70. The van der Waals surface area contributed by atoms with Gasteiger partial charge in [0.1, 0.15) is 0 Å². The van der Waals surface area contributed by atoms with Crippen LogP contribution in [0, 0.1) is 5.92 Å². The zero-order valence-electron chi connectivity index (χ0n) is 10.3. The van der Waals surface area contributed by atoms with Gasteiger partial charge in [0, 0.05) is 17.2 Å². The van der Waals surface area contributed by atoms with Crippen molar-refractivity contribution >= 4 is 23.2 Å². The van der Waals surface area contributed by atoms with Gasteiger partial charge in [0.05, 0.1) is 0 Å². The van der Waals surface area contributed by atoms with E-state index in [1.54, 1.807) is 0 Å². The minimum Gasteiger partial charge on any atom is -0.126 e. The van der Waals surface area contributed by atoms with Crippen LogP contribution in [0.2, 0.25) is 0 Å². The van der Waals surface area contributed by atoms with Gasteiger partial charge in [-0.05, 0) is 23.5 Å². The van der Waals surface area contributed by atoms with Crippen molar-refractivity contribution in [3.8, 4) is 0 Å². The number of halogens is 2. The van der Waals surface area contributed by atoms with E-state index in [1.165, 1.54) is 11.1 Å². The standard InChI is InChI=1S/C14H20Cl2/c1-11(9-15)7-12-5-4-6-13(8-12)14(2,3)10-16/h4-6,8,11H,7,9-10H2,1-3H3. The Kier molecular flexibility index (Phi) is 5.14. The van der Waals surface area contributed by atoms with Crippen molar-refractivity contribution in [1.29, 1.82) is 0 Å². The number of hydrogen-bond acceptors (Lipinski definition) is 0. The summed E-state index contributed by atoms with van der Waals surface area (Å²) < 4.78 is 0. The fraction of sp³-hybridized carbons (Fsp3) is 0.571. The Hall–Kier alpha value is -0.200. The highest BCUT2D eigenvalue weighted by Crippen LogP contribution is 2.26. The lowest BCUT2D eigenvalue weighted by Gasteiger charge is -2.23. The van der Waals surface area contributed by atoms with Crippen molar-refractivity contribution in [1.82, 2.24) is 0 Å². The molecule has 0 aliphatic rings. The zero-order valence-corrected chi connectivity index (χ0v) is 11.8. The monoisotopic (exact) mass is 258 g/mol. The summed E-state index contributed by atoms with van der Waals surface area (Å²) in [7, 11) is 0. The molecular weight excluding hydrogens is 239 g/mol. The molecule has 0 aliphatic carbocycles. The largest absolute Gasteiger partial charge is 0.126 e. The van der Waals surface area contributed by atoms with E-state index in [0.29, 0.717) is 17.7 Å². The van der Waals surface area contributed by atoms with Gasteiger partial charge in [-0.3, -0.25) is 0 Å². The first kappa shape index (κ1) is 13.9. The highest BCUT2D eigenvalue weighted by molar-refractivity contribution is 6.18. The minimum absolute atomic E-state index is 0.0434. The molecular formula is C14H20Cl2. The number of rotatable bonds is 5. The lowest BCUT2D eigenvalue weighted by Crippen LogP contribution is -2.19. The summed E-state index contributed by atoms with van der Waals surface area (Å²) in [4.78, 5) is 0. The molecule has 0 heterocycles. The van der Waals surface area contributed by atoms with Gasteiger partial charge >= 0.3 is 0 Å². The van der Waals surface area contributed by atoms with Gasteiger partial charge in [-0.25, -0.2) is 0 Å². The number of alkyl halides is 2. The fourth-order valence-electron chi connectivity index (χ4n) is 1.65. The van der Waals surface area contributed by atoms with Gasteiger partial charge in [0.2, 0.25) is 0 Å². The number of benzene rings is 1. The summed E-state index contributed by atoms with van der Waals surface area (Å²) in [5, 5.41) is 0. The first-order valence-electron chi connectivity index (χ1n) is 5.71. The van der Waals surface area contributed by atoms with Crippen molar-refractivity contribution in [3.05, 3.63) is 35.4 Å². The number of hydrogen-bond donors (Lipinski definition) is 0. The zero-order chi connectivity index (χ0) is 12.2. The summed E-state index contributed by atoms with van der Waals surface area (Å²) in [6.07, 6.45) is 1.04. The lowest BCUT2D eigenvalue weighted by molar-refractivity contribution is 0.593. The fourth-order valence-corrected chi connectivity index (χ4v) is 1.92.